The first-order chi connectivity index (χ1) is 9.99. The summed E-state index contributed by atoms with van der Waals surface area (Å²) in [4.78, 5) is 4.09. The average Bonchev–Trinajstić information content (AvgIpc) is 2.83. The number of tetrazole rings is 1. The molecule has 21 heavy (non-hydrogen) atoms. The maximum atomic E-state index is 4.34. The highest BCUT2D eigenvalue weighted by atomic mass is 15.6. The van der Waals surface area contributed by atoms with E-state index >= 15 is 0 Å². The third-order valence-corrected chi connectivity index (χ3v) is 4.49. The van der Waals surface area contributed by atoms with Gasteiger partial charge in [0.1, 0.15) is 0 Å². The van der Waals surface area contributed by atoms with Crippen molar-refractivity contribution in [2.24, 2.45) is 18.9 Å². The number of aromatic nitrogens is 4. The number of piperazine rings is 1. The molecule has 0 bridgehead atoms. The molecule has 6 heteroatoms. The van der Waals surface area contributed by atoms with E-state index in [0.29, 0.717) is 18.0 Å². The second-order valence-electron chi connectivity index (χ2n) is 6.81. The number of aryl methyl sites for hydroxylation is 1. The summed E-state index contributed by atoms with van der Waals surface area (Å²) in [6, 6.07) is 1.13. The molecule has 1 aliphatic rings. The minimum absolute atomic E-state index is 0.558. The van der Waals surface area contributed by atoms with Gasteiger partial charge in [-0.3, -0.25) is 4.90 Å². The molecular weight excluding hydrogens is 264 g/mol. The molecule has 1 N–H and O–H groups in total. The summed E-state index contributed by atoms with van der Waals surface area (Å²) < 4.78 is 0. The fraction of sp³-hybridized carbons (Fsp3) is 0.933. The van der Waals surface area contributed by atoms with E-state index in [1.807, 2.05) is 7.05 Å². The molecule has 3 atom stereocenters. The summed E-state index contributed by atoms with van der Waals surface area (Å²) in [5.74, 6) is 2.23. The maximum Gasteiger partial charge on any atom is 0.188 e. The normalized spacial score (nSPS) is 25.4. The van der Waals surface area contributed by atoms with Crippen molar-refractivity contribution in [3.63, 3.8) is 0 Å². The van der Waals surface area contributed by atoms with Crippen molar-refractivity contribution in [2.75, 3.05) is 13.1 Å². The molecule has 1 aromatic rings. The van der Waals surface area contributed by atoms with Gasteiger partial charge in [0.05, 0.1) is 13.6 Å². The van der Waals surface area contributed by atoms with Gasteiger partial charge in [-0.15, -0.1) is 10.2 Å². The molecule has 1 aliphatic heterocycles. The lowest BCUT2D eigenvalue weighted by Crippen LogP contribution is -2.58. The van der Waals surface area contributed by atoms with Crippen LogP contribution in [0.4, 0.5) is 0 Å². The van der Waals surface area contributed by atoms with Crippen LogP contribution in [-0.2, 0) is 13.6 Å². The lowest BCUT2D eigenvalue weighted by atomic mass is 9.92. The smallest absolute Gasteiger partial charge is 0.188 e. The average molecular weight is 294 g/mol. The van der Waals surface area contributed by atoms with Gasteiger partial charge in [-0.05, 0) is 23.5 Å². The molecule has 3 unspecified atom stereocenters. The molecule has 0 amide bonds. The monoisotopic (exact) mass is 294 g/mol. The Morgan fingerprint density at radius 2 is 2.10 bits per heavy atom. The highest BCUT2D eigenvalue weighted by Gasteiger charge is 2.31. The number of hydrogen-bond donors (Lipinski definition) is 1. The van der Waals surface area contributed by atoms with E-state index in [1.54, 1.807) is 4.80 Å². The first-order valence-electron chi connectivity index (χ1n) is 8.19. The van der Waals surface area contributed by atoms with Crippen LogP contribution in [0.15, 0.2) is 0 Å². The highest BCUT2D eigenvalue weighted by molar-refractivity contribution is 4.91. The third kappa shape index (κ3) is 4.48. The molecule has 1 fully saturated rings. The Morgan fingerprint density at radius 1 is 1.33 bits per heavy atom. The molecule has 1 aromatic heterocycles. The van der Waals surface area contributed by atoms with Crippen LogP contribution in [-0.4, -0.2) is 50.3 Å². The number of hydrogen-bond acceptors (Lipinski definition) is 5. The maximum absolute atomic E-state index is 4.34. The van der Waals surface area contributed by atoms with Crippen LogP contribution in [0.2, 0.25) is 0 Å². The number of nitrogens with one attached hydrogen (secondary N) is 1. The largest absolute Gasteiger partial charge is 0.311 e. The Morgan fingerprint density at radius 3 is 2.67 bits per heavy atom. The topological polar surface area (TPSA) is 58.9 Å². The fourth-order valence-electron chi connectivity index (χ4n) is 3.21. The molecule has 0 aliphatic carbocycles. The van der Waals surface area contributed by atoms with Crippen molar-refractivity contribution in [3.05, 3.63) is 5.82 Å². The zero-order chi connectivity index (χ0) is 15.4. The van der Waals surface area contributed by atoms with E-state index in [4.69, 9.17) is 0 Å². The van der Waals surface area contributed by atoms with E-state index in [-0.39, 0.29) is 0 Å². The van der Waals surface area contributed by atoms with Crippen LogP contribution in [0.3, 0.4) is 0 Å². The minimum Gasteiger partial charge on any atom is -0.311 e. The summed E-state index contributed by atoms with van der Waals surface area (Å²) in [5, 5.41) is 16.2. The predicted octanol–water partition coefficient (Wildman–Crippen LogP) is 1.44. The van der Waals surface area contributed by atoms with Crippen LogP contribution < -0.4 is 5.32 Å². The van der Waals surface area contributed by atoms with Crippen molar-refractivity contribution in [2.45, 2.75) is 59.2 Å². The van der Waals surface area contributed by atoms with E-state index < -0.39 is 0 Å². The standard InChI is InChI=1S/C15H30N6/c1-6-12(4)14-8-16-13(7-11(2)3)9-21(14)10-15-17-19-20(5)18-15/h11-14,16H,6-10H2,1-5H3. The quantitative estimate of drug-likeness (QED) is 0.860. The van der Waals surface area contributed by atoms with Crippen molar-refractivity contribution in [1.82, 2.24) is 30.4 Å². The summed E-state index contributed by atoms with van der Waals surface area (Å²) in [5.41, 5.74) is 0. The third-order valence-electron chi connectivity index (χ3n) is 4.49. The van der Waals surface area contributed by atoms with Crippen LogP contribution in [0, 0.1) is 11.8 Å². The van der Waals surface area contributed by atoms with Crippen molar-refractivity contribution in [3.8, 4) is 0 Å². The summed E-state index contributed by atoms with van der Waals surface area (Å²) in [6.45, 7) is 12.1. The predicted molar refractivity (Wildman–Crippen MR) is 83.7 cm³/mol. The first kappa shape index (κ1) is 16.4. The van der Waals surface area contributed by atoms with Crippen LogP contribution in [0.25, 0.3) is 0 Å². The Balaban J connectivity index is 2.04. The van der Waals surface area contributed by atoms with E-state index in [0.717, 1.165) is 31.4 Å². The van der Waals surface area contributed by atoms with E-state index in [2.05, 4.69) is 53.3 Å². The zero-order valence-corrected chi connectivity index (χ0v) is 14.1. The SMILES string of the molecule is CCC(C)C1CNC(CC(C)C)CN1Cc1nnn(C)n1. The van der Waals surface area contributed by atoms with Gasteiger partial charge in [0.2, 0.25) is 0 Å². The van der Waals surface area contributed by atoms with Gasteiger partial charge in [-0.25, -0.2) is 0 Å². The summed E-state index contributed by atoms with van der Waals surface area (Å²) >= 11 is 0. The van der Waals surface area contributed by atoms with E-state index in [9.17, 15) is 0 Å². The molecule has 0 radical (unpaired) electrons. The van der Waals surface area contributed by atoms with E-state index in [1.165, 1.54) is 12.8 Å². The Bertz CT molecular complexity index is 430. The molecule has 2 rings (SSSR count). The van der Waals surface area contributed by atoms with Crippen molar-refractivity contribution in [1.29, 1.82) is 0 Å². The van der Waals surface area contributed by atoms with Gasteiger partial charge in [0.15, 0.2) is 5.82 Å². The molecule has 0 spiro atoms. The van der Waals surface area contributed by atoms with Crippen LogP contribution >= 0.6 is 0 Å². The summed E-state index contributed by atoms with van der Waals surface area (Å²) in [7, 11) is 1.82. The first-order valence-corrected chi connectivity index (χ1v) is 8.19. The van der Waals surface area contributed by atoms with Crippen LogP contribution in [0.5, 0.6) is 0 Å². The van der Waals surface area contributed by atoms with Gasteiger partial charge < -0.3 is 5.32 Å². The Hall–Kier alpha value is -1.01. The molecular formula is C15H30N6. The lowest BCUT2D eigenvalue weighted by molar-refractivity contribution is 0.0763. The second-order valence-corrected chi connectivity index (χ2v) is 6.81. The fourth-order valence-corrected chi connectivity index (χ4v) is 3.21. The summed E-state index contributed by atoms with van der Waals surface area (Å²) in [6.07, 6.45) is 2.42. The van der Waals surface area contributed by atoms with Crippen LogP contribution in [0.1, 0.15) is 46.4 Å². The van der Waals surface area contributed by atoms with Gasteiger partial charge in [-0.1, -0.05) is 34.1 Å². The second kappa shape index (κ2) is 7.31. The number of nitrogens with zero attached hydrogens (tertiary/aromatic N) is 5. The Labute approximate surface area is 128 Å². The Kier molecular flexibility index (Phi) is 5.70. The molecule has 2 heterocycles. The van der Waals surface area contributed by atoms with Gasteiger partial charge in [0.25, 0.3) is 0 Å². The molecule has 1 saturated heterocycles. The minimum atomic E-state index is 0.558. The lowest BCUT2D eigenvalue weighted by Gasteiger charge is -2.43. The molecule has 120 valence electrons. The highest BCUT2D eigenvalue weighted by Crippen LogP contribution is 2.21. The van der Waals surface area contributed by atoms with Gasteiger partial charge in [-0.2, -0.15) is 4.80 Å². The van der Waals surface area contributed by atoms with Crippen molar-refractivity contribution < 1.29 is 0 Å². The van der Waals surface area contributed by atoms with Gasteiger partial charge >= 0.3 is 0 Å². The number of rotatable bonds is 6. The van der Waals surface area contributed by atoms with Gasteiger partial charge in [0, 0.05) is 25.2 Å². The molecule has 0 aromatic carbocycles. The van der Waals surface area contributed by atoms with Crippen molar-refractivity contribution >= 4 is 0 Å². The molecule has 6 nitrogen and oxygen atoms in total. The molecule has 0 saturated carbocycles. The zero-order valence-electron chi connectivity index (χ0n) is 14.1.